The molecule has 0 bridgehead atoms. The number of hydrogen-bond acceptors (Lipinski definition) is 4. The highest BCUT2D eigenvalue weighted by Crippen LogP contribution is 2.27. The lowest BCUT2D eigenvalue weighted by atomic mass is 10.1. The van der Waals surface area contributed by atoms with E-state index in [4.69, 9.17) is 21.7 Å². The number of thiocarbonyl (C=S) groups is 1. The molecule has 1 heterocycles. The van der Waals surface area contributed by atoms with Gasteiger partial charge >= 0.3 is 0 Å². The van der Waals surface area contributed by atoms with Crippen LogP contribution in [0, 0.1) is 12.7 Å². The first-order valence-corrected chi connectivity index (χ1v) is 8.55. The molecule has 0 unspecified atom stereocenters. The van der Waals surface area contributed by atoms with E-state index in [1.54, 1.807) is 18.2 Å². The summed E-state index contributed by atoms with van der Waals surface area (Å²) in [6, 6.07) is 14.4. The monoisotopic (exact) mass is 384 g/mol. The number of furan rings is 1. The number of carbonyl (C=O) groups is 1. The van der Waals surface area contributed by atoms with Crippen molar-refractivity contribution in [3.8, 4) is 11.3 Å². The number of hydrogen-bond donors (Lipinski definition) is 3. The Hall–Kier alpha value is -3.03. The average molecular weight is 384 g/mol. The Labute approximate surface area is 160 Å². The topological polar surface area (TPSA) is 74.5 Å². The Balaban J connectivity index is 1.67. The first-order chi connectivity index (χ1) is 13.0. The third kappa shape index (κ3) is 4.58. The van der Waals surface area contributed by atoms with E-state index in [1.165, 1.54) is 18.2 Å². The molecule has 27 heavy (non-hydrogen) atoms. The molecule has 7 heteroatoms. The van der Waals surface area contributed by atoms with Crippen molar-refractivity contribution in [3.05, 3.63) is 77.3 Å². The fourth-order valence-corrected chi connectivity index (χ4v) is 2.80. The van der Waals surface area contributed by atoms with Crippen molar-refractivity contribution < 1.29 is 18.7 Å². The van der Waals surface area contributed by atoms with Crippen LogP contribution in [0.15, 0.2) is 59.0 Å². The molecule has 0 radical (unpaired) electrons. The predicted octanol–water partition coefficient (Wildman–Crippen LogP) is 4.01. The highest BCUT2D eigenvalue weighted by molar-refractivity contribution is 7.80. The number of carbonyl (C=O) groups excluding carboxylic acids is 1. The van der Waals surface area contributed by atoms with Crippen molar-refractivity contribution in [1.82, 2.24) is 5.32 Å². The van der Waals surface area contributed by atoms with E-state index in [1.807, 2.05) is 19.1 Å². The van der Waals surface area contributed by atoms with Gasteiger partial charge in [-0.25, -0.2) is 4.39 Å². The minimum absolute atomic E-state index is 0.108. The molecule has 2 aromatic carbocycles. The van der Waals surface area contributed by atoms with Crippen LogP contribution >= 0.6 is 12.2 Å². The third-order valence-corrected chi connectivity index (χ3v) is 4.09. The van der Waals surface area contributed by atoms with Gasteiger partial charge in [-0.1, -0.05) is 6.07 Å². The molecular formula is C20H17FN2O3S. The number of aryl methyl sites for hydroxylation is 1. The van der Waals surface area contributed by atoms with Crippen LogP contribution < -0.4 is 10.6 Å². The van der Waals surface area contributed by atoms with E-state index in [0.29, 0.717) is 17.2 Å². The quantitative estimate of drug-likeness (QED) is 0.593. The summed E-state index contributed by atoms with van der Waals surface area (Å²) >= 11 is 5.15. The molecule has 138 valence electrons. The van der Waals surface area contributed by atoms with Crippen LogP contribution in [0.3, 0.4) is 0 Å². The number of halogens is 1. The van der Waals surface area contributed by atoms with Crippen molar-refractivity contribution in [3.63, 3.8) is 0 Å². The first kappa shape index (κ1) is 18.8. The zero-order chi connectivity index (χ0) is 19.4. The maximum Gasteiger partial charge on any atom is 0.257 e. The van der Waals surface area contributed by atoms with Crippen molar-refractivity contribution in [2.45, 2.75) is 13.5 Å². The summed E-state index contributed by atoms with van der Waals surface area (Å²) in [5.41, 5.74) is 2.69. The van der Waals surface area contributed by atoms with Crippen LogP contribution in [-0.2, 0) is 6.61 Å². The summed E-state index contributed by atoms with van der Waals surface area (Å²) in [7, 11) is 0. The van der Waals surface area contributed by atoms with Gasteiger partial charge in [-0.3, -0.25) is 10.1 Å². The Morgan fingerprint density at radius 3 is 2.67 bits per heavy atom. The normalized spacial score (nSPS) is 10.5. The molecule has 5 nitrogen and oxygen atoms in total. The van der Waals surface area contributed by atoms with Crippen LogP contribution in [0.1, 0.15) is 21.7 Å². The molecule has 1 amide bonds. The summed E-state index contributed by atoms with van der Waals surface area (Å²) in [5, 5.41) is 14.7. The van der Waals surface area contributed by atoms with Gasteiger partial charge in [-0.05, 0) is 73.2 Å². The number of nitrogens with one attached hydrogen (secondary N) is 2. The van der Waals surface area contributed by atoms with Gasteiger partial charge in [-0.2, -0.15) is 0 Å². The summed E-state index contributed by atoms with van der Waals surface area (Å²) in [4.78, 5) is 12.1. The second-order valence-corrected chi connectivity index (χ2v) is 6.28. The van der Waals surface area contributed by atoms with Gasteiger partial charge in [-0.15, -0.1) is 0 Å². The van der Waals surface area contributed by atoms with Crippen LogP contribution in [-0.4, -0.2) is 16.1 Å². The molecule has 3 N–H and O–H groups in total. The molecule has 0 saturated heterocycles. The molecule has 0 spiro atoms. The van der Waals surface area contributed by atoms with Crippen molar-refractivity contribution in [1.29, 1.82) is 0 Å². The van der Waals surface area contributed by atoms with Crippen molar-refractivity contribution in [2.75, 3.05) is 5.32 Å². The molecular weight excluding hydrogens is 367 g/mol. The predicted molar refractivity (Wildman–Crippen MR) is 105 cm³/mol. The molecule has 0 aliphatic rings. The van der Waals surface area contributed by atoms with E-state index in [0.717, 1.165) is 17.2 Å². The number of rotatable bonds is 4. The molecule has 0 atom stereocenters. The second kappa shape index (κ2) is 8.11. The van der Waals surface area contributed by atoms with Gasteiger partial charge in [0.05, 0.1) is 0 Å². The smallest absolute Gasteiger partial charge is 0.257 e. The van der Waals surface area contributed by atoms with Gasteiger partial charge in [0.1, 0.15) is 23.9 Å². The summed E-state index contributed by atoms with van der Waals surface area (Å²) in [6.07, 6.45) is 0. The third-order valence-electron chi connectivity index (χ3n) is 3.88. The summed E-state index contributed by atoms with van der Waals surface area (Å²) in [6.45, 7) is 1.76. The lowest BCUT2D eigenvalue weighted by Gasteiger charge is -2.11. The number of aliphatic hydroxyl groups excluding tert-OH is 1. The molecule has 3 aromatic rings. The van der Waals surface area contributed by atoms with Crippen molar-refractivity contribution >= 4 is 28.9 Å². The minimum atomic E-state index is -0.493. The zero-order valence-corrected chi connectivity index (χ0v) is 15.3. The Kier molecular flexibility index (Phi) is 5.63. The van der Waals surface area contributed by atoms with Gasteiger partial charge in [0, 0.05) is 16.8 Å². The van der Waals surface area contributed by atoms with E-state index in [2.05, 4.69) is 10.6 Å². The standard InChI is InChI=1S/C20H17FN2O3S/c1-12-9-15(5-7-17(12)18-8-6-16(11-24)26-18)22-20(27)23-19(25)13-3-2-4-14(21)10-13/h2-10,24H,11H2,1H3,(H2,22,23,25,27). The van der Waals surface area contributed by atoms with E-state index < -0.39 is 11.7 Å². The number of anilines is 1. The average Bonchev–Trinajstić information content (AvgIpc) is 3.10. The Morgan fingerprint density at radius 2 is 2.00 bits per heavy atom. The molecule has 3 rings (SSSR count). The SMILES string of the molecule is Cc1cc(NC(=S)NC(=O)c2cccc(F)c2)ccc1-c1ccc(CO)o1. The van der Waals surface area contributed by atoms with E-state index >= 15 is 0 Å². The van der Waals surface area contributed by atoms with Crippen molar-refractivity contribution in [2.24, 2.45) is 0 Å². The number of aliphatic hydroxyl groups is 1. The van der Waals surface area contributed by atoms with Gasteiger partial charge < -0.3 is 14.8 Å². The molecule has 1 aromatic heterocycles. The Bertz CT molecular complexity index is 1000. The highest BCUT2D eigenvalue weighted by Gasteiger charge is 2.11. The largest absolute Gasteiger partial charge is 0.459 e. The van der Waals surface area contributed by atoms with Gasteiger partial charge in [0.2, 0.25) is 0 Å². The first-order valence-electron chi connectivity index (χ1n) is 8.15. The van der Waals surface area contributed by atoms with E-state index in [9.17, 15) is 9.18 Å². The summed E-state index contributed by atoms with van der Waals surface area (Å²) in [5.74, 6) is 0.167. The van der Waals surface area contributed by atoms with Gasteiger partial charge in [0.15, 0.2) is 5.11 Å². The molecule has 0 aliphatic carbocycles. The van der Waals surface area contributed by atoms with Crippen LogP contribution in [0.4, 0.5) is 10.1 Å². The molecule has 0 fully saturated rings. The van der Waals surface area contributed by atoms with Gasteiger partial charge in [0.25, 0.3) is 5.91 Å². The number of amides is 1. The second-order valence-electron chi connectivity index (χ2n) is 5.87. The molecule has 0 aliphatic heterocycles. The van der Waals surface area contributed by atoms with Crippen LogP contribution in [0.25, 0.3) is 11.3 Å². The highest BCUT2D eigenvalue weighted by atomic mass is 32.1. The fourth-order valence-electron chi connectivity index (χ4n) is 2.59. The van der Waals surface area contributed by atoms with Crippen LogP contribution in [0.2, 0.25) is 0 Å². The zero-order valence-electron chi connectivity index (χ0n) is 14.5. The molecule has 0 saturated carbocycles. The van der Waals surface area contributed by atoms with Crippen LogP contribution in [0.5, 0.6) is 0 Å². The maximum atomic E-state index is 13.2. The summed E-state index contributed by atoms with van der Waals surface area (Å²) < 4.78 is 18.8. The lowest BCUT2D eigenvalue weighted by Crippen LogP contribution is -2.34. The Morgan fingerprint density at radius 1 is 1.19 bits per heavy atom. The maximum absolute atomic E-state index is 13.2. The minimum Gasteiger partial charge on any atom is -0.459 e. The van der Waals surface area contributed by atoms with E-state index in [-0.39, 0.29) is 17.3 Å². The lowest BCUT2D eigenvalue weighted by molar-refractivity contribution is 0.0977. The number of benzene rings is 2. The fraction of sp³-hybridized carbons (Fsp3) is 0.100.